The summed E-state index contributed by atoms with van der Waals surface area (Å²) in [7, 11) is 0. The van der Waals surface area contributed by atoms with Crippen molar-refractivity contribution < 1.29 is 29.1 Å². The Kier molecular flexibility index (Phi) is 4.56. The zero-order chi connectivity index (χ0) is 21.4. The number of benzene rings is 3. The standard InChI is InChI=1S/C23H13NO6/c25-19(13-4-2-1-3-5-13)20(26)14-6-9-16(10-7-14)24-21(27)17-11-8-15(23(29)30)12-18(17)22(24)28/h1-12H,(H,29,30). The van der Waals surface area contributed by atoms with Gasteiger partial charge in [-0.05, 0) is 42.5 Å². The molecule has 1 aliphatic rings. The van der Waals surface area contributed by atoms with E-state index in [0.717, 1.165) is 11.0 Å². The molecule has 146 valence electrons. The van der Waals surface area contributed by atoms with Crippen LogP contribution in [0, 0.1) is 0 Å². The maximum Gasteiger partial charge on any atom is 0.335 e. The van der Waals surface area contributed by atoms with Crippen LogP contribution in [0.3, 0.4) is 0 Å². The minimum atomic E-state index is -1.21. The minimum absolute atomic E-state index is 0.000640. The van der Waals surface area contributed by atoms with Crippen molar-refractivity contribution in [2.24, 2.45) is 0 Å². The van der Waals surface area contributed by atoms with Gasteiger partial charge < -0.3 is 5.11 Å². The topological polar surface area (TPSA) is 109 Å². The molecule has 1 aliphatic heterocycles. The lowest BCUT2D eigenvalue weighted by Crippen LogP contribution is -2.29. The number of carbonyl (C=O) groups excluding carboxylic acids is 4. The van der Waals surface area contributed by atoms with Gasteiger partial charge in [-0.1, -0.05) is 30.3 Å². The number of anilines is 1. The summed E-state index contributed by atoms with van der Waals surface area (Å²) in [5, 5.41) is 9.09. The molecule has 1 N–H and O–H groups in total. The molecule has 7 heteroatoms. The molecule has 3 aromatic rings. The largest absolute Gasteiger partial charge is 0.478 e. The van der Waals surface area contributed by atoms with E-state index in [0.29, 0.717) is 0 Å². The number of carboxylic acids is 1. The average molecular weight is 399 g/mol. The number of aromatic carboxylic acids is 1. The highest BCUT2D eigenvalue weighted by Gasteiger charge is 2.37. The fourth-order valence-corrected chi connectivity index (χ4v) is 3.22. The number of hydrogen-bond acceptors (Lipinski definition) is 5. The fourth-order valence-electron chi connectivity index (χ4n) is 3.22. The molecule has 0 bridgehead atoms. The van der Waals surface area contributed by atoms with E-state index >= 15 is 0 Å². The summed E-state index contributed by atoms with van der Waals surface area (Å²) in [6.45, 7) is 0. The van der Waals surface area contributed by atoms with Crippen LogP contribution >= 0.6 is 0 Å². The summed E-state index contributed by atoms with van der Waals surface area (Å²) < 4.78 is 0. The summed E-state index contributed by atoms with van der Waals surface area (Å²) in [6, 6.07) is 17.4. The Morgan fingerprint density at radius 3 is 1.77 bits per heavy atom. The predicted molar refractivity (Wildman–Crippen MR) is 106 cm³/mol. The van der Waals surface area contributed by atoms with Crippen LogP contribution in [0.15, 0.2) is 72.8 Å². The molecule has 7 nitrogen and oxygen atoms in total. The molecule has 0 aliphatic carbocycles. The first kappa shape index (κ1) is 18.9. The van der Waals surface area contributed by atoms with E-state index in [9.17, 15) is 24.0 Å². The lowest BCUT2D eigenvalue weighted by Gasteiger charge is -2.14. The van der Waals surface area contributed by atoms with Gasteiger partial charge in [0.1, 0.15) is 0 Å². The van der Waals surface area contributed by atoms with Crippen LogP contribution in [0.4, 0.5) is 5.69 Å². The molecular weight excluding hydrogens is 386 g/mol. The van der Waals surface area contributed by atoms with Crippen LogP contribution in [-0.4, -0.2) is 34.5 Å². The Morgan fingerprint density at radius 1 is 0.633 bits per heavy atom. The van der Waals surface area contributed by atoms with Crippen molar-refractivity contribution in [1.29, 1.82) is 0 Å². The minimum Gasteiger partial charge on any atom is -0.478 e. The Bertz CT molecular complexity index is 1230. The Labute approximate surface area is 170 Å². The van der Waals surface area contributed by atoms with Crippen molar-refractivity contribution in [3.8, 4) is 0 Å². The van der Waals surface area contributed by atoms with Gasteiger partial charge in [-0.25, -0.2) is 9.69 Å². The Balaban J connectivity index is 1.61. The third kappa shape index (κ3) is 3.08. The first-order valence-corrected chi connectivity index (χ1v) is 8.89. The van der Waals surface area contributed by atoms with Crippen molar-refractivity contribution in [3.63, 3.8) is 0 Å². The Morgan fingerprint density at radius 2 is 1.17 bits per heavy atom. The molecule has 1 heterocycles. The van der Waals surface area contributed by atoms with E-state index in [4.69, 9.17) is 5.11 Å². The molecule has 0 unspecified atom stereocenters. The number of imide groups is 1. The number of hydrogen-bond donors (Lipinski definition) is 1. The number of carboxylic acid groups (broad SMARTS) is 1. The van der Waals surface area contributed by atoms with Crippen molar-refractivity contribution in [3.05, 3.63) is 101 Å². The molecular formula is C23H13NO6. The highest BCUT2D eigenvalue weighted by Crippen LogP contribution is 2.29. The smallest absolute Gasteiger partial charge is 0.335 e. The van der Waals surface area contributed by atoms with Crippen molar-refractivity contribution in [1.82, 2.24) is 0 Å². The zero-order valence-corrected chi connectivity index (χ0v) is 15.4. The maximum atomic E-state index is 12.7. The molecule has 0 saturated heterocycles. The van der Waals surface area contributed by atoms with E-state index in [-0.39, 0.29) is 33.5 Å². The van der Waals surface area contributed by atoms with Gasteiger partial charge >= 0.3 is 5.97 Å². The molecule has 0 radical (unpaired) electrons. The van der Waals surface area contributed by atoms with Crippen LogP contribution in [0.2, 0.25) is 0 Å². The van der Waals surface area contributed by atoms with E-state index in [2.05, 4.69) is 0 Å². The summed E-state index contributed by atoms with van der Waals surface area (Å²) >= 11 is 0. The van der Waals surface area contributed by atoms with Gasteiger partial charge in [-0.3, -0.25) is 19.2 Å². The number of amides is 2. The molecule has 0 spiro atoms. The highest BCUT2D eigenvalue weighted by molar-refractivity contribution is 6.49. The van der Waals surface area contributed by atoms with Crippen molar-refractivity contribution >= 4 is 35.0 Å². The molecule has 3 aromatic carbocycles. The van der Waals surface area contributed by atoms with Crippen LogP contribution in [0.25, 0.3) is 0 Å². The number of Topliss-reactive ketones (excluding diaryl/α,β-unsaturated/α-hetero) is 2. The van der Waals surface area contributed by atoms with Crippen molar-refractivity contribution in [2.75, 3.05) is 4.90 Å². The summed E-state index contributed by atoms with van der Waals surface area (Å²) in [4.78, 5) is 62.1. The molecule has 2 amide bonds. The van der Waals surface area contributed by atoms with Gasteiger partial charge in [-0.2, -0.15) is 0 Å². The fraction of sp³-hybridized carbons (Fsp3) is 0. The van der Waals surface area contributed by atoms with Gasteiger partial charge in [0.05, 0.1) is 22.4 Å². The summed E-state index contributed by atoms with van der Waals surface area (Å²) in [5.74, 6) is -3.82. The predicted octanol–water partition coefficient (Wildman–Crippen LogP) is 3.25. The van der Waals surface area contributed by atoms with Gasteiger partial charge in [0, 0.05) is 11.1 Å². The van der Waals surface area contributed by atoms with Crippen molar-refractivity contribution in [2.45, 2.75) is 0 Å². The SMILES string of the molecule is O=C(O)c1ccc2c(c1)C(=O)N(c1ccc(C(=O)C(=O)c3ccccc3)cc1)C2=O. The summed E-state index contributed by atoms with van der Waals surface area (Å²) in [6.07, 6.45) is 0. The maximum absolute atomic E-state index is 12.7. The molecule has 30 heavy (non-hydrogen) atoms. The highest BCUT2D eigenvalue weighted by atomic mass is 16.4. The second-order valence-electron chi connectivity index (χ2n) is 6.58. The molecule has 4 rings (SSSR count). The Hall–Kier alpha value is -4.39. The monoisotopic (exact) mass is 399 g/mol. The van der Waals surface area contributed by atoms with E-state index in [1.54, 1.807) is 30.3 Å². The lowest BCUT2D eigenvalue weighted by molar-refractivity contribution is 0.0696. The number of fused-ring (bicyclic) bond motifs is 1. The average Bonchev–Trinajstić information content (AvgIpc) is 3.03. The second kappa shape index (κ2) is 7.21. The van der Waals surface area contributed by atoms with Crippen LogP contribution in [0.1, 0.15) is 51.8 Å². The van der Waals surface area contributed by atoms with Gasteiger partial charge in [0.25, 0.3) is 11.8 Å². The molecule has 0 aromatic heterocycles. The first-order chi connectivity index (χ1) is 14.4. The van der Waals surface area contributed by atoms with Gasteiger partial charge in [0.15, 0.2) is 0 Å². The third-order valence-electron chi connectivity index (χ3n) is 4.76. The van der Waals surface area contributed by atoms with Gasteiger partial charge in [0.2, 0.25) is 11.6 Å². The second-order valence-corrected chi connectivity index (χ2v) is 6.58. The molecule has 0 fully saturated rings. The van der Waals surface area contributed by atoms with Gasteiger partial charge in [-0.15, -0.1) is 0 Å². The normalized spacial score (nSPS) is 12.6. The number of nitrogens with zero attached hydrogens (tertiary/aromatic N) is 1. The van der Waals surface area contributed by atoms with Crippen LogP contribution in [0.5, 0.6) is 0 Å². The van der Waals surface area contributed by atoms with E-state index < -0.39 is 29.4 Å². The van der Waals surface area contributed by atoms with Crippen LogP contribution in [-0.2, 0) is 0 Å². The third-order valence-corrected chi connectivity index (χ3v) is 4.76. The quantitative estimate of drug-likeness (QED) is 0.401. The number of carbonyl (C=O) groups is 5. The number of ketones is 2. The van der Waals surface area contributed by atoms with E-state index in [1.165, 1.54) is 36.4 Å². The molecule has 0 saturated carbocycles. The summed E-state index contributed by atoms with van der Waals surface area (Å²) in [5.41, 5.74) is 0.598. The van der Waals surface area contributed by atoms with Crippen LogP contribution < -0.4 is 4.90 Å². The lowest BCUT2D eigenvalue weighted by atomic mass is 10.0. The first-order valence-electron chi connectivity index (χ1n) is 8.89. The number of rotatable bonds is 5. The molecule has 0 atom stereocenters. The zero-order valence-electron chi connectivity index (χ0n) is 15.4. The van der Waals surface area contributed by atoms with E-state index in [1.807, 2.05) is 0 Å².